The van der Waals surface area contributed by atoms with Crippen LogP contribution in [0.15, 0.2) is 52.2 Å². The molecule has 1 unspecified atom stereocenters. The maximum Gasteiger partial charge on any atom is 0.277 e. The molecule has 0 bridgehead atoms. The molecule has 2 aromatic heterocycles. The standard InChI is InChI=1S/C30H39N5O5S/c1-5-8-9-10-13-22(6-2)29-31-20(4)27-30(37)32-28(33-35(27)29)25-18-24(15-16-26(25)40-7-3)41(38,39)34-23-14-11-12-21(17-23)19-36/h11-12,14-18,22,34,36H,5-10,13,19H2,1-4H3,(H,32,33,37). The molecule has 0 fully saturated rings. The predicted molar refractivity (Wildman–Crippen MR) is 160 cm³/mol. The summed E-state index contributed by atoms with van der Waals surface area (Å²) < 4.78 is 36.7. The molecule has 4 aromatic rings. The van der Waals surface area contributed by atoms with Gasteiger partial charge < -0.3 is 14.8 Å². The van der Waals surface area contributed by atoms with E-state index in [0.29, 0.717) is 40.4 Å². The highest BCUT2D eigenvalue weighted by atomic mass is 32.2. The third-order valence-corrected chi connectivity index (χ3v) is 8.52. The first kappa shape index (κ1) is 30.3. The number of aliphatic hydroxyl groups excluding tert-OH is 1. The molecular formula is C30H39N5O5S. The summed E-state index contributed by atoms with van der Waals surface area (Å²) in [6, 6.07) is 11.0. The first-order valence-corrected chi connectivity index (χ1v) is 15.7. The van der Waals surface area contributed by atoms with E-state index in [4.69, 9.17) is 14.8 Å². The SMILES string of the molecule is CCCCCCC(CC)c1nc(C)c2c(=O)[nH]c(-c3cc(S(=O)(=O)Nc4cccc(CO)c4)ccc3OCC)nn12. The van der Waals surface area contributed by atoms with Crippen molar-refractivity contribution in [3.05, 3.63) is 69.9 Å². The van der Waals surface area contributed by atoms with E-state index in [2.05, 4.69) is 23.6 Å². The maximum atomic E-state index is 13.3. The van der Waals surface area contributed by atoms with Crippen molar-refractivity contribution in [2.75, 3.05) is 11.3 Å². The van der Waals surface area contributed by atoms with Crippen LogP contribution in [0.5, 0.6) is 5.75 Å². The Hall–Kier alpha value is -3.70. The molecule has 0 aliphatic heterocycles. The van der Waals surface area contributed by atoms with E-state index in [9.17, 15) is 18.3 Å². The number of imidazole rings is 1. The van der Waals surface area contributed by atoms with E-state index < -0.39 is 10.0 Å². The van der Waals surface area contributed by atoms with Gasteiger partial charge in [-0.15, -0.1) is 5.10 Å². The number of aromatic nitrogens is 4. The zero-order chi connectivity index (χ0) is 29.6. The molecule has 4 rings (SSSR count). The fourth-order valence-electron chi connectivity index (χ4n) is 5.00. The fourth-order valence-corrected chi connectivity index (χ4v) is 6.08. The average Bonchev–Trinajstić information content (AvgIpc) is 3.29. The lowest BCUT2D eigenvalue weighted by Gasteiger charge is -2.15. The van der Waals surface area contributed by atoms with Crippen molar-refractivity contribution >= 4 is 21.2 Å². The number of anilines is 1. The van der Waals surface area contributed by atoms with Gasteiger partial charge in [0.1, 0.15) is 11.6 Å². The lowest BCUT2D eigenvalue weighted by molar-refractivity contribution is 0.282. The van der Waals surface area contributed by atoms with Gasteiger partial charge >= 0.3 is 0 Å². The Morgan fingerprint density at radius 2 is 1.90 bits per heavy atom. The highest BCUT2D eigenvalue weighted by molar-refractivity contribution is 7.92. The molecule has 2 heterocycles. The van der Waals surface area contributed by atoms with E-state index in [1.807, 2.05) is 6.92 Å². The Balaban J connectivity index is 1.79. The monoisotopic (exact) mass is 581 g/mol. The minimum atomic E-state index is -4.02. The number of aromatic amines is 1. The van der Waals surface area contributed by atoms with Crippen LogP contribution in [-0.4, -0.2) is 39.7 Å². The summed E-state index contributed by atoms with van der Waals surface area (Å²) in [7, 11) is -4.02. The minimum Gasteiger partial charge on any atom is -0.493 e. The van der Waals surface area contributed by atoms with Crippen molar-refractivity contribution in [1.82, 2.24) is 19.6 Å². The quantitative estimate of drug-likeness (QED) is 0.166. The van der Waals surface area contributed by atoms with Gasteiger partial charge in [0, 0.05) is 11.6 Å². The first-order chi connectivity index (χ1) is 19.7. The van der Waals surface area contributed by atoms with Crippen molar-refractivity contribution in [3.63, 3.8) is 0 Å². The van der Waals surface area contributed by atoms with Crippen LogP contribution in [0.1, 0.15) is 82.3 Å². The van der Waals surface area contributed by atoms with Gasteiger partial charge in [0.05, 0.1) is 29.4 Å². The van der Waals surface area contributed by atoms with Crippen LogP contribution in [0.2, 0.25) is 0 Å². The third kappa shape index (κ3) is 6.79. The van der Waals surface area contributed by atoms with Crippen molar-refractivity contribution in [2.24, 2.45) is 0 Å². The second kappa shape index (κ2) is 13.3. The molecule has 1 atom stereocenters. The number of hydrogen-bond donors (Lipinski definition) is 3. The van der Waals surface area contributed by atoms with Crippen molar-refractivity contribution in [2.45, 2.75) is 83.6 Å². The number of nitrogens with one attached hydrogen (secondary N) is 2. The number of H-pyrrole nitrogens is 1. The average molecular weight is 582 g/mol. The van der Waals surface area contributed by atoms with Crippen LogP contribution in [-0.2, 0) is 16.6 Å². The van der Waals surface area contributed by atoms with E-state index in [0.717, 1.165) is 37.9 Å². The molecule has 0 aliphatic rings. The lowest BCUT2D eigenvalue weighted by atomic mass is 9.97. The summed E-state index contributed by atoms with van der Waals surface area (Å²) in [5.74, 6) is 1.44. The lowest BCUT2D eigenvalue weighted by Crippen LogP contribution is -2.17. The second-order valence-corrected chi connectivity index (χ2v) is 11.8. The second-order valence-electron chi connectivity index (χ2n) is 10.1. The predicted octanol–water partition coefficient (Wildman–Crippen LogP) is 5.55. The van der Waals surface area contributed by atoms with Gasteiger partial charge in [0.2, 0.25) is 0 Å². The highest BCUT2D eigenvalue weighted by Crippen LogP contribution is 2.32. The van der Waals surface area contributed by atoms with Crippen molar-refractivity contribution < 1.29 is 18.3 Å². The Bertz CT molecular complexity index is 1660. The highest BCUT2D eigenvalue weighted by Gasteiger charge is 2.23. The van der Waals surface area contributed by atoms with Gasteiger partial charge in [0.25, 0.3) is 15.6 Å². The third-order valence-electron chi connectivity index (χ3n) is 7.14. The van der Waals surface area contributed by atoms with Gasteiger partial charge in [0.15, 0.2) is 11.3 Å². The Morgan fingerprint density at radius 3 is 2.61 bits per heavy atom. The number of benzene rings is 2. The molecule has 0 radical (unpaired) electrons. The molecule has 0 aliphatic carbocycles. The number of aryl methyl sites for hydroxylation is 1. The van der Waals surface area contributed by atoms with E-state index >= 15 is 0 Å². The summed E-state index contributed by atoms with van der Waals surface area (Å²) in [5.41, 5.74) is 1.86. The molecule has 220 valence electrons. The summed E-state index contributed by atoms with van der Waals surface area (Å²) in [6.45, 7) is 8.04. The van der Waals surface area contributed by atoms with Crippen LogP contribution >= 0.6 is 0 Å². The number of ether oxygens (including phenoxy) is 1. The molecule has 41 heavy (non-hydrogen) atoms. The molecule has 11 heteroatoms. The summed E-state index contributed by atoms with van der Waals surface area (Å²) in [5, 5.41) is 14.2. The van der Waals surface area contributed by atoms with E-state index in [1.54, 1.807) is 41.8 Å². The summed E-state index contributed by atoms with van der Waals surface area (Å²) >= 11 is 0. The molecule has 10 nitrogen and oxygen atoms in total. The number of rotatable bonds is 14. The van der Waals surface area contributed by atoms with Gasteiger partial charge in [-0.1, -0.05) is 51.7 Å². The van der Waals surface area contributed by atoms with Gasteiger partial charge in [-0.2, -0.15) is 0 Å². The zero-order valence-electron chi connectivity index (χ0n) is 24.1. The van der Waals surface area contributed by atoms with Gasteiger partial charge in [-0.25, -0.2) is 17.9 Å². The topological polar surface area (TPSA) is 139 Å². The van der Waals surface area contributed by atoms with Crippen molar-refractivity contribution in [3.8, 4) is 17.1 Å². The summed E-state index contributed by atoms with van der Waals surface area (Å²) in [6.07, 6.45) is 6.35. The van der Waals surface area contributed by atoms with Crippen LogP contribution < -0.4 is 15.0 Å². The zero-order valence-corrected chi connectivity index (χ0v) is 24.9. The Kier molecular flexibility index (Phi) is 9.82. The minimum absolute atomic E-state index is 0.0301. The maximum absolute atomic E-state index is 13.3. The van der Waals surface area contributed by atoms with E-state index in [1.165, 1.54) is 18.6 Å². The number of sulfonamides is 1. The van der Waals surface area contributed by atoms with Crippen LogP contribution in [0.4, 0.5) is 5.69 Å². The number of unbranched alkanes of at least 4 members (excludes halogenated alkanes) is 3. The van der Waals surface area contributed by atoms with Gasteiger partial charge in [-0.05, 0) is 62.6 Å². The first-order valence-electron chi connectivity index (χ1n) is 14.2. The van der Waals surface area contributed by atoms with Crippen LogP contribution in [0, 0.1) is 6.92 Å². The fraction of sp³-hybridized carbons (Fsp3) is 0.433. The largest absolute Gasteiger partial charge is 0.493 e. The molecule has 3 N–H and O–H groups in total. The molecule has 0 spiro atoms. The number of fused-ring (bicyclic) bond motifs is 1. The molecule has 0 amide bonds. The summed E-state index contributed by atoms with van der Waals surface area (Å²) in [4.78, 5) is 20.9. The number of hydrogen-bond acceptors (Lipinski definition) is 7. The molecular weight excluding hydrogens is 542 g/mol. The van der Waals surface area contributed by atoms with Crippen LogP contribution in [0.3, 0.4) is 0 Å². The number of aliphatic hydroxyl groups is 1. The molecule has 2 aromatic carbocycles. The smallest absolute Gasteiger partial charge is 0.277 e. The van der Waals surface area contributed by atoms with Crippen molar-refractivity contribution in [1.29, 1.82) is 0 Å². The normalized spacial score (nSPS) is 12.5. The molecule has 0 saturated heterocycles. The van der Waals surface area contributed by atoms with E-state index in [-0.39, 0.29) is 28.8 Å². The Labute approximate surface area is 240 Å². The number of nitrogens with zero attached hydrogens (tertiary/aromatic N) is 3. The van der Waals surface area contributed by atoms with Crippen LogP contribution in [0.25, 0.3) is 16.9 Å². The Morgan fingerprint density at radius 1 is 1.10 bits per heavy atom. The molecule has 0 saturated carbocycles. The van der Waals surface area contributed by atoms with Gasteiger partial charge in [-0.3, -0.25) is 9.52 Å².